The Bertz CT molecular complexity index is 708. The molecule has 6 nitrogen and oxygen atoms in total. The topological polar surface area (TPSA) is 73.9 Å². The van der Waals surface area contributed by atoms with Crippen LogP contribution >= 0.6 is 0 Å². The van der Waals surface area contributed by atoms with Crippen molar-refractivity contribution in [2.75, 3.05) is 21.3 Å². The number of hydrogen-bond acceptors (Lipinski definition) is 5. The van der Waals surface area contributed by atoms with E-state index in [1.54, 1.807) is 18.2 Å². The highest BCUT2D eigenvalue weighted by Crippen LogP contribution is 2.24. The van der Waals surface area contributed by atoms with Crippen molar-refractivity contribution in [2.45, 2.75) is 12.5 Å². The first-order valence-corrected chi connectivity index (χ1v) is 7.73. The van der Waals surface area contributed by atoms with E-state index in [0.29, 0.717) is 17.1 Å². The van der Waals surface area contributed by atoms with Crippen LogP contribution in [-0.4, -0.2) is 33.2 Å². The molecule has 0 aliphatic carbocycles. The summed E-state index contributed by atoms with van der Waals surface area (Å²) in [6.45, 7) is 0. The maximum atomic E-state index is 12.7. The molecule has 0 spiro atoms. The molecule has 6 heteroatoms. The number of amides is 1. The zero-order chi connectivity index (χ0) is 18.2. The van der Waals surface area contributed by atoms with Crippen LogP contribution in [0.5, 0.6) is 11.5 Å². The average molecular weight is 343 g/mol. The summed E-state index contributed by atoms with van der Waals surface area (Å²) in [4.78, 5) is 24.4. The Hall–Kier alpha value is -3.02. The van der Waals surface area contributed by atoms with Gasteiger partial charge in [-0.2, -0.15) is 0 Å². The second kappa shape index (κ2) is 8.73. The van der Waals surface area contributed by atoms with Crippen LogP contribution < -0.4 is 14.8 Å². The van der Waals surface area contributed by atoms with Gasteiger partial charge < -0.3 is 19.5 Å². The molecule has 2 aromatic carbocycles. The lowest BCUT2D eigenvalue weighted by atomic mass is 10.0. The fourth-order valence-corrected chi connectivity index (χ4v) is 2.37. The monoisotopic (exact) mass is 343 g/mol. The van der Waals surface area contributed by atoms with Gasteiger partial charge in [0.05, 0.1) is 33.8 Å². The standard InChI is InChI=1S/C19H21NO5/c1-23-15-9-14(10-16(11-15)24-2)19(22)20-17(12-18(21)25-3)13-7-5-4-6-8-13/h4-11,17H,12H2,1-3H3,(H,20,22)/t17-/m1/s1. The van der Waals surface area contributed by atoms with E-state index in [1.807, 2.05) is 30.3 Å². The summed E-state index contributed by atoms with van der Waals surface area (Å²) < 4.78 is 15.1. The molecule has 25 heavy (non-hydrogen) atoms. The zero-order valence-electron chi connectivity index (χ0n) is 14.4. The molecule has 1 amide bonds. The Labute approximate surface area is 146 Å². The minimum absolute atomic E-state index is 0.0351. The minimum Gasteiger partial charge on any atom is -0.497 e. The summed E-state index contributed by atoms with van der Waals surface area (Å²) >= 11 is 0. The van der Waals surface area contributed by atoms with Gasteiger partial charge in [-0.05, 0) is 17.7 Å². The van der Waals surface area contributed by atoms with Crippen molar-refractivity contribution in [3.63, 3.8) is 0 Å². The van der Waals surface area contributed by atoms with Gasteiger partial charge in [-0.25, -0.2) is 0 Å². The van der Waals surface area contributed by atoms with Gasteiger partial charge in [-0.15, -0.1) is 0 Å². The third-order valence-electron chi connectivity index (χ3n) is 3.72. The van der Waals surface area contributed by atoms with Gasteiger partial charge in [0.15, 0.2) is 0 Å². The molecule has 0 saturated heterocycles. The van der Waals surface area contributed by atoms with Gasteiger partial charge in [0.25, 0.3) is 5.91 Å². The fourth-order valence-electron chi connectivity index (χ4n) is 2.37. The Balaban J connectivity index is 2.26. The molecule has 132 valence electrons. The van der Waals surface area contributed by atoms with Crippen molar-refractivity contribution in [1.82, 2.24) is 5.32 Å². The fraction of sp³-hybridized carbons (Fsp3) is 0.263. The van der Waals surface area contributed by atoms with E-state index in [9.17, 15) is 9.59 Å². The number of hydrogen-bond donors (Lipinski definition) is 1. The predicted octanol–water partition coefficient (Wildman–Crippen LogP) is 2.74. The lowest BCUT2D eigenvalue weighted by Crippen LogP contribution is -2.30. The van der Waals surface area contributed by atoms with Crippen molar-refractivity contribution in [3.05, 3.63) is 59.7 Å². The molecule has 2 aromatic rings. The van der Waals surface area contributed by atoms with Crippen LogP contribution in [0.15, 0.2) is 48.5 Å². The van der Waals surface area contributed by atoms with Gasteiger partial charge in [-0.1, -0.05) is 30.3 Å². The summed E-state index contributed by atoms with van der Waals surface area (Å²) in [6.07, 6.45) is 0.0351. The molecule has 0 aliphatic rings. The van der Waals surface area contributed by atoms with Crippen LogP contribution in [-0.2, 0) is 9.53 Å². The molecule has 0 bridgehead atoms. The van der Waals surface area contributed by atoms with Gasteiger partial charge in [0.1, 0.15) is 11.5 Å². The lowest BCUT2D eigenvalue weighted by molar-refractivity contribution is -0.141. The second-order valence-electron chi connectivity index (χ2n) is 5.32. The number of benzene rings is 2. The average Bonchev–Trinajstić information content (AvgIpc) is 2.67. The summed E-state index contributed by atoms with van der Waals surface area (Å²) in [5.41, 5.74) is 1.19. The van der Waals surface area contributed by atoms with Crippen LogP contribution in [0.1, 0.15) is 28.4 Å². The third-order valence-corrected chi connectivity index (χ3v) is 3.72. The molecular formula is C19H21NO5. The molecule has 0 unspecified atom stereocenters. The van der Waals surface area contributed by atoms with Crippen molar-refractivity contribution in [3.8, 4) is 11.5 Å². The van der Waals surface area contributed by atoms with E-state index in [2.05, 4.69) is 5.32 Å². The molecular weight excluding hydrogens is 322 g/mol. The Kier molecular flexibility index (Phi) is 6.39. The maximum absolute atomic E-state index is 12.7. The molecule has 1 N–H and O–H groups in total. The number of ether oxygens (including phenoxy) is 3. The maximum Gasteiger partial charge on any atom is 0.307 e. The number of carbonyl (C=O) groups excluding carboxylic acids is 2. The van der Waals surface area contributed by atoms with Crippen LogP contribution in [0.4, 0.5) is 0 Å². The SMILES string of the molecule is COC(=O)C[C@@H](NC(=O)c1cc(OC)cc(OC)c1)c1ccccc1. The molecule has 0 aromatic heterocycles. The smallest absolute Gasteiger partial charge is 0.307 e. The molecule has 0 heterocycles. The Morgan fingerprint density at radius 1 is 0.960 bits per heavy atom. The predicted molar refractivity (Wildman–Crippen MR) is 92.8 cm³/mol. The highest BCUT2D eigenvalue weighted by molar-refractivity contribution is 5.95. The van der Waals surface area contributed by atoms with E-state index in [-0.39, 0.29) is 12.3 Å². The first kappa shape index (κ1) is 18.3. The van der Waals surface area contributed by atoms with Crippen LogP contribution in [0, 0.1) is 0 Å². The van der Waals surface area contributed by atoms with E-state index in [4.69, 9.17) is 14.2 Å². The van der Waals surface area contributed by atoms with E-state index >= 15 is 0 Å². The van der Waals surface area contributed by atoms with Gasteiger partial charge in [0.2, 0.25) is 0 Å². The van der Waals surface area contributed by atoms with Gasteiger partial charge in [-0.3, -0.25) is 9.59 Å². The number of methoxy groups -OCH3 is 3. The Morgan fingerprint density at radius 3 is 2.08 bits per heavy atom. The lowest BCUT2D eigenvalue weighted by Gasteiger charge is -2.18. The summed E-state index contributed by atoms with van der Waals surface area (Å²) in [5.74, 6) is 0.273. The molecule has 0 saturated carbocycles. The molecule has 0 aliphatic heterocycles. The summed E-state index contributed by atoms with van der Waals surface area (Å²) in [5, 5.41) is 2.87. The highest BCUT2D eigenvalue weighted by Gasteiger charge is 2.20. The first-order valence-electron chi connectivity index (χ1n) is 7.73. The van der Waals surface area contributed by atoms with Gasteiger partial charge >= 0.3 is 5.97 Å². The number of carbonyl (C=O) groups is 2. The largest absolute Gasteiger partial charge is 0.497 e. The first-order chi connectivity index (χ1) is 12.1. The van der Waals surface area contributed by atoms with E-state index in [1.165, 1.54) is 21.3 Å². The minimum atomic E-state index is -0.502. The summed E-state index contributed by atoms with van der Waals surface area (Å²) in [7, 11) is 4.35. The highest BCUT2D eigenvalue weighted by atomic mass is 16.5. The molecule has 2 rings (SSSR count). The van der Waals surface area contributed by atoms with Crippen molar-refractivity contribution < 1.29 is 23.8 Å². The van der Waals surface area contributed by atoms with Gasteiger partial charge in [0, 0.05) is 11.6 Å². The molecule has 1 atom stereocenters. The van der Waals surface area contributed by atoms with Crippen LogP contribution in [0.2, 0.25) is 0 Å². The Morgan fingerprint density at radius 2 is 1.56 bits per heavy atom. The quantitative estimate of drug-likeness (QED) is 0.783. The summed E-state index contributed by atoms with van der Waals surface area (Å²) in [6, 6.07) is 13.7. The number of nitrogens with one attached hydrogen (secondary N) is 1. The van der Waals surface area contributed by atoms with E-state index in [0.717, 1.165) is 5.56 Å². The van der Waals surface area contributed by atoms with Crippen molar-refractivity contribution in [2.24, 2.45) is 0 Å². The molecule has 0 radical (unpaired) electrons. The zero-order valence-corrected chi connectivity index (χ0v) is 14.4. The molecule has 0 fully saturated rings. The second-order valence-corrected chi connectivity index (χ2v) is 5.32. The van der Waals surface area contributed by atoms with Crippen molar-refractivity contribution in [1.29, 1.82) is 0 Å². The number of esters is 1. The van der Waals surface area contributed by atoms with Crippen molar-refractivity contribution >= 4 is 11.9 Å². The third kappa shape index (κ3) is 4.97. The van der Waals surface area contributed by atoms with Crippen LogP contribution in [0.25, 0.3) is 0 Å². The van der Waals surface area contributed by atoms with Crippen LogP contribution in [0.3, 0.4) is 0 Å². The number of rotatable bonds is 7. The van der Waals surface area contributed by atoms with E-state index < -0.39 is 12.0 Å². The normalized spacial score (nSPS) is 11.3.